The molecule has 0 aliphatic rings. The molecule has 10 heteroatoms. The van der Waals surface area contributed by atoms with Crippen LogP contribution in [0.2, 0.25) is 0 Å². The lowest BCUT2D eigenvalue weighted by Gasteiger charge is -2.31. The highest BCUT2D eigenvalue weighted by Gasteiger charge is 2.35. The highest BCUT2D eigenvalue weighted by atomic mass is 16.4. The van der Waals surface area contributed by atoms with Crippen LogP contribution in [-0.4, -0.2) is 57.8 Å². The molecule has 0 saturated carbocycles. The van der Waals surface area contributed by atoms with Gasteiger partial charge < -0.3 is 19.7 Å². The molecule has 1 aromatic heterocycles. The van der Waals surface area contributed by atoms with E-state index < -0.39 is 35.8 Å². The first kappa shape index (κ1) is 34.6. The number of hydrogen-bond donors (Lipinski definition) is 2. The van der Waals surface area contributed by atoms with Crippen molar-refractivity contribution in [2.24, 2.45) is 5.92 Å². The van der Waals surface area contributed by atoms with E-state index >= 15 is 0 Å². The molecule has 4 aromatic carbocycles. The van der Waals surface area contributed by atoms with Crippen molar-refractivity contribution >= 4 is 40.2 Å². The van der Waals surface area contributed by atoms with Gasteiger partial charge in [0.15, 0.2) is 5.69 Å². The van der Waals surface area contributed by atoms with Gasteiger partial charge in [0.25, 0.3) is 11.8 Å². The van der Waals surface area contributed by atoms with Gasteiger partial charge >= 0.3 is 6.09 Å². The summed E-state index contributed by atoms with van der Waals surface area (Å²) in [4.78, 5) is 60.8. The summed E-state index contributed by atoms with van der Waals surface area (Å²) in [5.41, 5.74) is 2.28. The van der Waals surface area contributed by atoms with E-state index in [4.69, 9.17) is 4.42 Å². The molecule has 49 heavy (non-hydrogen) atoms. The van der Waals surface area contributed by atoms with E-state index in [2.05, 4.69) is 10.3 Å². The number of amides is 3. The number of Topliss-reactive ketones (excluding diaryl/α,β-unsaturated/α-hetero) is 1. The average Bonchev–Trinajstić information content (AvgIpc) is 3.61. The van der Waals surface area contributed by atoms with Gasteiger partial charge in [-0.2, -0.15) is 0 Å². The smallest absolute Gasteiger partial charge is 0.408 e. The van der Waals surface area contributed by atoms with Crippen LogP contribution < -0.4 is 10.2 Å². The van der Waals surface area contributed by atoms with Crippen LogP contribution in [0.4, 0.5) is 10.5 Å². The number of aromatic nitrogens is 1. The summed E-state index contributed by atoms with van der Waals surface area (Å²) in [7, 11) is 1.63. The first-order valence-electron chi connectivity index (χ1n) is 16.3. The Kier molecular flexibility index (Phi) is 11.2. The molecule has 3 amide bonds. The average molecular weight is 661 g/mol. The number of rotatable bonds is 14. The number of ketones is 1. The van der Waals surface area contributed by atoms with Gasteiger partial charge in [-0.15, -0.1) is 0 Å². The van der Waals surface area contributed by atoms with Crippen molar-refractivity contribution < 1.29 is 28.7 Å². The van der Waals surface area contributed by atoms with E-state index in [0.29, 0.717) is 12.1 Å². The SMILES string of the molecule is CC(C)CC(C(=O)NC(CCc1ccccc1)C(=O)c1nc(C(=O)N(C)c2cccc3ccccc23)co1)N(Cc1ccccc1)C(=O)O. The molecular weight excluding hydrogens is 620 g/mol. The molecule has 0 aliphatic heterocycles. The summed E-state index contributed by atoms with van der Waals surface area (Å²) in [5, 5.41) is 14.9. The van der Waals surface area contributed by atoms with Crippen LogP contribution in [0.25, 0.3) is 10.8 Å². The van der Waals surface area contributed by atoms with Crippen LogP contribution in [0.15, 0.2) is 114 Å². The van der Waals surface area contributed by atoms with Gasteiger partial charge in [-0.1, -0.05) is 111 Å². The fraction of sp³-hybridized carbons (Fsp3) is 0.256. The number of benzene rings is 4. The van der Waals surface area contributed by atoms with E-state index in [1.165, 1.54) is 4.90 Å². The number of carbonyl (C=O) groups is 4. The van der Waals surface area contributed by atoms with Gasteiger partial charge in [0.2, 0.25) is 11.7 Å². The number of carbonyl (C=O) groups excluding carboxylic acids is 3. The van der Waals surface area contributed by atoms with Gasteiger partial charge in [0, 0.05) is 19.0 Å². The fourth-order valence-electron chi connectivity index (χ4n) is 5.82. The second-order valence-electron chi connectivity index (χ2n) is 12.4. The number of oxazole rings is 1. The number of carboxylic acid groups (broad SMARTS) is 1. The van der Waals surface area contributed by atoms with Crippen molar-refractivity contribution in [1.82, 2.24) is 15.2 Å². The van der Waals surface area contributed by atoms with Gasteiger partial charge in [-0.25, -0.2) is 9.78 Å². The standard InChI is InChI=1S/C39H40N4O6/c1-26(2)23-34(43(39(47)48)24-28-15-8-5-9-16-28)36(45)40-31(22-21-27-13-6-4-7-14-27)35(44)37-41-32(25-49-37)38(46)42(3)33-20-12-18-29-17-10-11-19-30(29)33/h4-20,25-26,31,34H,21-24H2,1-3H3,(H,40,45)(H,47,48). The second kappa shape index (κ2) is 15.9. The minimum Gasteiger partial charge on any atom is -0.465 e. The monoisotopic (exact) mass is 660 g/mol. The predicted molar refractivity (Wildman–Crippen MR) is 187 cm³/mol. The van der Waals surface area contributed by atoms with Gasteiger partial charge in [-0.3, -0.25) is 19.3 Å². The normalized spacial score (nSPS) is 12.3. The molecule has 10 nitrogen and oxygen atoms in total. The summed E-state index contributed by atoms with van der Waals surface area (Å²) in [5.74, 6) is -2.04. The lowest BCUT2D eigenvalue weighted by molar-refractivity contribution is -0.127. The van der Waals surface area contributed by atoms with Gasteiger partial charge in [-0.05, 0) is 47.8 Å². The molecule has 0 saturated heterocycles. The first-order valence-corrected chi connectivity index (χ1v) is 16.3. The molecule has 0 bridgehead atoms. The summed E-state index contributed by atoms with van der Waals surface area (Å²) < 4.78 is 5.56. The van der Waals surface area contributed by atoms with Crippen LogP contribution in [0.3, 0.4) is 0 Å². The number of hydrogen-bond acceptors (Lipinski definition) is 6. The quantitative estimate of drug-likeness (QED) is 0.123. The Hall–Kier alpha value is -5.77. The maximum absolute atomic E-state index is 14.0. The predicted octanol–water partition coefficient (Wildman–Crippen LogP) is 7.00. The third-order valence-corrected chi connectivity index (χ3v) is 8.38. The Bertz CT molecular complexity index is 1900. The molecule has 5 aromatic rings. The van der Waals surface area contributed by atoms with Crippen LogP contribution in [0, 0.1) is 5.92 Å². The molecule has 0 aliphatic carbocycles. The largest absolute Gasteiger partial charge is 0.465 e. The highest BCUT2D eigenvalue weighted by Crippen LogP contribution is 2.27. The maximum atomic E-state index is 14.0. The van der Waals surface area contributed by atoms with E-state index in [0.717, 1.165) is 33.1 Å². The highest BCUT2D eigenvalue weighted by molar-refractivity contribution is 6.10. The zero-order chi connectivity index (χ0) is 34.9. The van der Waals surface area contributed by atoms with Crippen molar-refractivity contribution in [2.75, 3.05) is 11.9 Å². The first-order chi connectivity index (χ1) is 23.6. The number of fused-ring (bicyclic) bond motifs is 1. The molecule has 2 unspecified atom stereocenters. The topological polar surface area (TPSA) is 133 Å². The zero-order valence-electron chi connectivity index (χ0n) is 27.8. The lowest BCUT2D eigenvalue weighted by Crippen LogP contribution is -2.53. The third kappa shape index (κ3) is 8.58. The van der Waals surface area contributed by atoms with Crippen LogP contribution >= 0.6 is 0 Å². The van der Waals surface area contributed by atoms with Crippen molar-refractivity contribution in [3.8, 4) is 0 Å². The van der Waals surface area contributed by atoms with Crippen LogP contribution in [-0.2, 0) is 17.8 Å². The van der Waals surface area contributed by atoms with E-state index in [9.17, 15) is 24.3 Å². The molecule has 2 atom stereocenters. The summed E-state index contributed by atoms with van der Waals surface area (Å²) >= 11 is 0. The van der Waals surface area contributed by atoms with Gasteiger partial charge in [0.05, 0.1) is 11.7 Å². The molecule has 2 N–H and O–H groups in total. The molecule has 5 rings (SSSR count). The van der Waals surface area contributed by atoms with Crippen molar-refractivity contribution in [2.45, 2.75) is 51.7 Å². The molecule has 252 valence electrons. The number of nitrogens with zero attached hydrogens (tertiary/aromatic N) is 3. The summed E-state index contributed by atoms with van der Waals surface area (Å²) in [6, 6.07) is 29.7. The molecular formula is C39H40N4O6. The maximum Gasteiger partial charge on any atom is 0.408 e. The van der Waals surface area contributed by atoms with Crippen molar-refractivity contribution in [1.29, 1.82) is 0 Å². The Balaban J connectivity index is 1.40. The minimum atomic E-state index is -1.25. The Morgan fingerprint density at radius 1 is 0.837 bits per heavy atom. The molecule has 0 fully saturated rings. The molecule has 0 spiro atoms. The van der Waals surface area contributed by atoms with E-state index in [-0.39, 0.29) is 36.9 Å². The Morgan fingerprint density at radius 2 is 1.47 bits per heavy atom. The summed E-state index contributed by atoms with van der Waals surface area (Å²) in [6.45, 7) is 3.81. The molecule has 1 heterocycles. The van der Waals surface area contributed by atoms with Crippen LogP contribution in [0.5, 0.6) is 0 Å². The molecule has 0 radical (unpaired) electrons. The number of aryl methyl sites for hydroxylation is 1. The van der Waals surface area contributed by atoms with Gasteiger partial charge in [0.1, 0.15) is 12.3 Å². The van der Waals surface area contributed by atoms with Crippen LogP contribution in [0.1, 0.15) is 59.0 Å². The second-order valence-corrected chi connectivity index (χ2v) is 12.4. The minimum absolute atomic E-state index is 0.000955. The zero-order valence-corrected chi connectivity index (χ0v) is 27.8. The van der Waals surface area contributed by atoms with E-state index in [1.807, 2.05) is 92.7 Å². The van der Waals surface area contributed by atoms with Crippen molar-refractivity contribution in [3.63, 3.8) is 0 Å². The Labute approximate surface area is 285 Å². The summed E-state index contributed by atoms with van der Waals surface area (Å²) in [6.07, 6.45) is 0.762. The Morgan fingerprint density at radius 3 is 2.14 bits per heavy atom. The number of nitrogens with one attached hydrogen (secondary N) is 1. The lowest BCUT2D eigenvalue weighted by atomic mass is 9.98. The third-order valence-electron chi connectivity index (χ3n) is 8.38. The van der Waals surface area contributed by atoms with Crippen molar-refractivity contribution in [3.05, 3.63) is 132 Å². The fourth-order valence-corrected chi connectivity index (χ4v) is 5.82. The van der Waals surface area contributed by atoms with E-state index in [1.54, 1.807) is 31.3 Å². The number of anilines is 1.